The Hall–Kier alpha value is -2.79. The molecule has 0 bridgehead atoms. The molecular weight excluding hydrogens is 358 g/mol. The van der Waals surface area contributed by atoms with Gasteiger partial charge >= 0.3 is 0 Å². The van der Waals surface area contributed by atoms with Crippen molar-refractivity contribution in [3.63, 3.8) is 0 Å². The largest absolute Gasteiger partial charge is 0.492 e. The molecule has 0 amide bonds. The summed E-state index contributed by atoms with van der Waals surface area (Å²) in [6, 6.07) is 23.6. The number of para-hydroxylation sites is 2. The third-order valence-corrected chi connectivity index (χ3v) is 5.95. The third-order valence-electron chi connectivity index (χ3n) is 4.17. The molecule has 0 unspecified atom stereocenters. The van der Waals surface area contributed by atoms with Gasteiger partial charge in [-0.3, -0.25) is 4.31 Å². The van der Waals surface area contributed by atoms with E-state index in [4.69, 9.17) is 4.74 Å². The zero-order valence-corrected chi connectivity index (χ0v) is 16.3. The molecule has 5 heteroatoms. The normalized spacial score (nSPS) is 11.2. The minimum atomic E-state index is -3.75. The van der Waals surface area contributed by atoms with E-state index >= 15 is 0 Å². The maximum Gasteiger partial charge on any atom is 0.264 e. The van der Waals surface area contributed by atoms with Gasteiger partial charge < -0.3 is 4.74 Å². The monoisotopic (exact) mass is 381 g/mol. The topological polar surface area (TPSA) is 46.6 Å². The summed E-state index contributed by atoms with van der Waals surface area (Å²) >= 11 is 0. The average molecular weight is 381 g/mol. The second-order valence-electron chi connectivity index (χ2n) is 6.21. The SMILES string of the molecule is CCOc1ccccc1N(Cc1cccc(C)c1)S(=O)(=O)c1ccccc1. The van der Waals surface area contributed by atoms with E-state index in [1.807, 2.05) is 50.2 Å². The van der Waals surface area contributed by atoms with Crippen molar-refractivity contribution in [3.05, 3.63) is 90.0 Å². The lowest BCUT2D eigenvalue weighted by Gasteiger charge is -2.26. The van der Waals surface area contributed by atoms with Gasteiger partial charge in [0.2, 0.25) is 0 Å². The van der Waals surface area contributed by atoms with Crippen LogP contribution in [0, 0.1) is 6.92 Å². The number of hydrogen-bond donors (Lipinski definition) is 0. The maximum absolute atomic E-state index is 13.4. The van der Waals surface area contributed by atoms with Crippen molar-refractivity contribution in [1.82, 2.24) is 0 Å². The summed E-state index contributed by atoms with van der Waals surface area (Å²) < 4.78 is 34.0. The second-order valence-corrected chi connectivity index (χ2v) is 8.08. The Morgan fingerprint density at radius 1 is 0.889 bits per heavy atom. The smallest absolute Gasteiger partial charge is 0.264 e. The zero-order valence-electron chi connectivity index (χ0n) is 15.5. The Morgan fingerprint density at radius 3 is 2.30 bits per heavy atom. The summed E-state index contributed by atoms with van der Waals surface area (Å²) in [4.78, 5) is 0.254. The van der Waals surface area contributed by atoms with Crippen LogP contribution in [0.1, 0.15) is 18.1 Å². The molecule has 0 fully saturated rings. The Bertz CT molecular complexity index is 1000. The van der Waals surface area contributed by atoms with Gasteiger partial charge in [-0.15, -0.1) is 0 Å². The van der Waals surface area contributed by atoms with Crippen molar-refractivity contribution < 1.29 is 13.2 Å². The number of hydrogen-bond acceptors (Lipinski definition) is 3. The minimum Gasteiger partial charge on any atom is -0.492 e. The molecule has 0 N–H and O–H groups in total. The first-order valence-electron chi connectivity index (χ1n) is 8.87. The van der Waals surface area contributed by atoms with Gasteiger partial charge in [0.1, 0.15) is 5.75 Å². The molecule has 0 heterocycles. The van der Waals surface area contributed by atoms with E-state index in [0.29, 0.717) is 18.0 Å². The van der Waals surface area contributed by atoms with E-state index in [2.05, 4.69) is 0 Å². The number of nitrogens with zero attached hydrogens (tertiary/aromatic N) is 1. The average Bonchev–Trinajstić information content (AvgIpc) is 2.68. The number of anilines is 1. The van der Waals surface area contributed by atoms with Crippen LogP contribution < -0.4 is 9.04 Å². The number of sulfonamides is 1. The molecule has 0 saturated carbocycles. The highest BCUT2D eigenvalue weighted by molar-refractivity contribution is 7.92. The van der Waals surface area contributed by atoms with Crippen molar-refractivity contribution in [2.24, 2.45) is 0 Å². The first-order valence-corrected chi connectivity index (χ1v) is 10.3. The highest BCUT2D eigenvalue weighted by Gasteiger charge is 2.27. The van der Waals surface area contributed by atoms with Crippen LogP contribution >= 0.6 is 0 Å². The Morgan fingerprint density at radius 2 is 1.59 bits per heavy atom. The van der Waals surface area contributed by atoms with Crippen molar-refractivity contribution in [3.8, 4) is 5.75 Å². The van der Waals surface area contributed by atoms with Gasteiger partial charge in [-0.25, -0.2) is 8.42 Å². The van der Waals surface area contributed by atoms with Gasteiger partial charge in [0, 0.05) is 0 Å². The quantitative estimate of drug-likeness (QED) is 0.591. The van der Waals surface area contributed by atoms with Crippen LogP contribution in [0.2, 0.25) is 0 Å². The molecule has 0 radical (unpaired) electrons. The molecule has 3 aromatic carbocycles. The molecule has 0 aliphatic heterocycles. The lowest BCUT2D eigenvalue weighted by molar-refractivity contribution is 0.341. The highest BCUT2D eigenvalue weighted by atomic mass is 32.2. The van der Waals surface area contributed by atoms with E-state index in [-0.39, 0.29) is 11.4 Å². The van der Waals surface area contributed by atoms with Gasteiger partial charge in [0.25, 0.3) is 10.0 Å². The zero-order chi connectivity index (χ0) is 19.3. The van der Waals surface area contributed by atoms with Gasteiger partial charge in [-0.1, -0.05) is 60.2 Å². The second kappa shape index (κ2) is 8.27. The molecule has 0 aliphatic rings. The summed E-state index contributed by atoms with van der Waals surface area (Å²) in [6.45, 7) is 4.56. The minimum absolute atomic E-state index is 0.225. The predicted molar refractivity (Wildman–Crippen MR) is 109 cm³/mol. The van der Waals surface area contributed by atoms with Crippen molar-refractivity contribution in [1.29, 1.82) is 0 Å². The molecule has 140 valence electrons. The van der Waals surface area contributed by atoms with Crippen LogP contribution in [0.5, 0.6) is 5.75 Å². The fourth-order valence-electron chi connectivity index (χ4n) is 2.94. The summed E-state index contributed by atoms with van der Waals surface area (Å²) in [5.41, 5.74) is 2.54. The molecule has 0 aliphatic carbocycles. The van der Waals surface area contributed by atoms with Crippen molar-refractivity contribution in [2.75, 3.05) is 10.9 Å². The number of ether oxygens (including phenoxy) is 1. The van der Waals surface area contributed by atoms with Gasteiger partial charge in [-0.2, -0.15) is 0 Å². The summed E-state index contributed by atoms with van der Waals surface area (Å²) in [6.07, 6.45) is 0. The van der Waals surface area contributed by atoms with Gasteiger partial charge in [-0.05, 0) is 43.7 Å². The van der Waals surface area contributed by atoms with Crippen LogP contribution in [0.4, 0.5) is 5.69 Å². The van der Waals surface area contributed by atoms with Crippen LogP contribution in [0.25, 0.3) is 0 Å². The predicted octanol–water partition coefficient (Wildman–Crippen LogP) is 4.79. The molecule has 0 spiro atoms. The maximum atomic E-state index is 13.4. The fourth-order valence-corrected chi connectivity index (χ4v) is 4.42. The first-order chi connectivity index (χ1) is 13.0. The van der Waals surface area contributed by atoms with Crippen LogP contribution in [0.3, 0.4) is 0 Å². The Balaban J connectivity index is 2.12. The number of benzene rings is 3. The van der Waals surface area contributed by atoms with E-state index in [1.54, 1.807) is 42.5 Å². The van der Waals surface area contributed by atoms with Crippen LogP contribution in [-0.2, 0) is 16.6 Å². The summed E-state index contributed by atoms with van der Waals surface area (Å²) in [5, 5.41) is 0. The molecule has 4 nitrogen and oxygen atoms in total. The third kappa shape index (κ3) is 4.31. The summed E-state index contributed by atoms with van der Waals surface area (Å²) in [5.74, 6) is 0.548. The van der Waals surface area contributed by atoms with E-state index in [1.165, 1.54) is 4.31 Å². The highest BCUT2D eigenvalue weighted by Crippen LogP contribution is 2.33. The standard InChI is InChI=1S/C22H23NO3S/c1-3-26-22-15-8-7-14-21(22)23(17-19-11-9-10-18(2)16-19)27(24,25)20-12-5-4-6-13-20/h4-16H,3,17H2,1-2H3. The molecule has 3 aromatic rings. The molecular formula is C22H23NO3S. The molecule has 3 rings (SSSR count). The van der Waals surface area contributed by atoms with Crippen molar-refractivity contribution in [2.45, 2.75) is 25.3 Å². The molecule has 0 atom stereocenters. The van der Waals surface area contributed by atoms with Gasteiger partial charge in [0.15, 0.2) is 0 Å². The molecule has 0 aromatic heterocycles. The van der Waals surface area contributed by atoms with Gasteiger partial charge in [0.05, 0.1) is 23.7 Å². The van der Waals surface area contributed by atoms with Crippen LogP contribution in [-0.4, -0.2) is 15.0 Å². The van der Waals surface area contributed by atoms with E-state index in [0.717, 1.165) is 11.1 Å². The summed E-state index contributed by atoms with van der Waals surface area (Å²) in [7, 11) is -3.75. The molecule has 27 heavy (non-hydrogen) atoms. The lowest BCUT2D eigenvalue weighted by atomic mass is 10.1. The van der Waals surface area contributed by atoms with Crippen molar-refractivity contribution >= 4 is 15.7 Å². The molecule has 0 saturated heterocycles. The number of aryl methyl sites for hydroxylation is 1. The fraction of sp³-hybridized carbons (Fsp3) is 0.182. The lowest BCUT2D eigenvalue weighted by Crippen LogP contribution is -2.31. The van der Waals surface area contributed by atoms with E-state index in [9.17, 15) is 8.42 Å². The first kappa shape index (κ1) is 19.0. The Labute approximate surface area is 161 Å². The van der Waals surface area contributed by atoms with Crippen LogP contribution in [0.15, 0.2) is 83.8 Å². The van der Waals surface area contributed by atoms with E-state index < -0.39 is 10.0 Å². The number of rotatable bonds is 7. The Kier molecular flexibility index (Phi) is 5.81.